The Labute approximate surface area is 201 Å². The molecule has 9 nitrogen and oxygen atoms in total. The van der Waals surface area contributed by atoms with Gasteiger partial charge in [0.2, 0.25) is 11.8 Å². The molecule has 1 aliphatic carbocycles. The first kappa shape index (κ1) is 25.1. The number of benzene rings is 1. The second-order valence-electron chi connectivity index (χ2n) is 9.05. The fraction of sp³-hybridized carbons (Fsp3) is 0.565. The maximum Gasteiger partial charge on any atom is 0.416 e. The number of likely N-dealkylation sites (tertiary alicyclic amines) is 1. The van der Waals surface area contributed by atoms with Crippen LogP contribution in [0.1, 0.15) is 31.2 Å². The van der Waals surface area contributed by atoms with Gasteiger partial charge in [0.1, 0.15) is 12.1 Å². The van der Waals surface area contributed by atoms with Crippen LogP contribution in [0, 0.1) is 5.92 Å². The third kappa shape index (κ3) is 5.81. The van der Waals surface area contributed by atoms with Gasteiger partial charge in [0.15, 0.2) is 0 Å². The summed E-state index contributed by atoms with van der Waals surface area (Å²) >= 11 is 0. The number of alkyl halides is 3. The lowest BCUT2D eigenvalue weighted by molar-refractivity contribution is -0.175. The van der Waals surface area contributed by atoms with E-state index in [2.05, 4.69) is 25.5 Å². The summed E-state index contributed by atoms with van der Waals surface area (Å²) in [6.45, 7) is 1.36. The lowest BCUT2D eigenvalue weighted by Crippen LogP contribution is -2.63. The van der Waals surface area contributed by atoms with Crippen LogP contribution >= 0.6 is 0 Å². The summed E-state index contributed by atoms with van der Waals surface area (Å²) in [5, 5.41) is 7.27. The maximum atomic E-state index is 13.1. The van der Waals surface area contributed by atoms with Crippen LogP contribution in [-0.4, -0.2) is 77.6 Å². The number of hydroxylamine groups is 2. The predicted octanol–water partition coefficient (Wildman–Crippen LogP) is 2.44. The highest BCUT2D eigenvalue weighted by Gasteiger charge is 2.37. The number of hydrogen-bond acceptors (Lipinski definition) is 7. The molecule has 0 atom stereocenters. The maximum absolute atomic E-state index is 13.1. The predicted molar refractivity (Wildman–Crippen MR) is 122 cm³/mol. The van der Waals surface area contributed by atoms with Crippen molar-refractivity contribution >= 4 is 28.5 Å². The highest BCUT2D eigenvalue weighted by atomic mass is 19.4. The standard InChI is InChI=1S/C23H29F3N6O3/c1-31(35-2)22(34)14-3-6-17(7-4-14)32-11-16(12-32)30-20(33)10-27-21-18-9-15(23(24,25)26)5-8-19(18)28-13-29-21/h5,8-9,13-14,16-17H,3-4,6-7,10-12H2,1-2H3,(H,30,33)(H,27,28,29). The lowest BCUT2D eigenvalue weighted by atomic mass is 9.83. The Morgan fingerprint density at radius 3 is 2.54 bits per heavy atom. The quantitative estimate of drug-likeness (QED) is 0.571. The fourth-order valence-corrected chi connectivity index (χ4v) is 4.75. The average molecular weight is 495 g/mol. The van der Waals surface area contributed by atoms with E-state index in [1.165, 1.54) is 24.6 Å². The topological polar surface area (TPSA) is 99.7 Å². The van der Waals surface area contributed by atoms with Gasteiger partial charge >= 0.3 is 6.18 Å². The minimum Gasteiger partial charge on any atom is -0.360 e. The fourth-order valence-electron chi connectivity index (χ4n) is 4.75. The Balaban J connectivity index is 1.23. The van der Waals surface area contributed by atoms with E-state index in [1.54, 1.807) is 7.05 Å². The molecule has 190 valence electrons. The number of amides is 2. The van der Waals surface area contributed by atoms with E-state index in [4.69, 9.17) is 4.84 Å². The van der Waals surface area contributed by atoms with Crippen molar-refractivity contribution in [3.8, 4) is 0 Å². The minimum absolute atomic E-state index is 0.0101. The monoisotopic (exact) mass is 494 g/mol. The number of carbonyl (C=O) groups excluding carboxylic acids is 2. The molecule has 4 rings (SSSR count). The summed E-state index contributed by atoms with van der Waals surface area (Å²) < 4.78 is 39.2. The van der Waals surface area contributed by atoms with Crippen LogP contribution < -0.4 is 10.6 Å². The van der Waals surface area contributed by atoms with Crippen LogP contribution in [0.3, 0.4) is 0 Å². The molecule has 2 fully saturated rings. The van der Waals surface area contributed by atoms with Crippen molar-refractivity contribution in [2.45, 2.75) is 43.9 Å². The number of rotatable bonds is 7. The van der Waals surface area contributed by atoms with Crippen LogP contribution in [0.4, 0.5) is 19.0 Å². The molecule has 1 saturated heterocycles. The van der Waals surface area contributed by atoms with Crippen LogP contribution in [-0.2, 0) is 20.6 Å². The molecule has 1 saturated carbocycles. The number of hydrogen-bond donors (Lipinski definition) is 2. The van der Waals surface area contributed by atoms with Gasteiger partial charge in [-0.25, -0.2) is 15.0 Å². The second-order valence-corrected chi connectivity index (χ2v) is 9.05. The van der Waals surface area contributed by atoms with E-state index in [-0.39, 0.29) is 41.5 Å². The number of aromatic nitrogens is 2. The Bertz CT molecular complexity index is 1070. The SMILES string of the molecule is CON(C)C(=O)C1CCC(N2CC(NC(=O)CNc3ncnc4ccc(C(F)(F)F)cc34)C2)CC1. The second kappa shape index (κ2) is 10.3. The molecule has 1 aliphatic heterocycles. The summed E-state index contributed by atoms with van der Waals surface area (Å²) in [5.74, 6) is -0.0790. The first-order valence-corrected chi connectivity index (χ1v) is 11.6. The number of anilines is 1. The summed E-state index contributed by atoms with van der Waals surface area (Å²) in [6.07, 6.45) is 0.252. The number of halogens is 3. The van der Waals surface area contributed by atoms with E-state index in [0.717, 1.165) is 50.9 Å². The van der Waals surface area contributed by atoms with Crippen LogP contribution in [0.5, 0.6) is 0 Å². The highest BCUT2D eigenvalue weighted by Crippen LogP contribution is 2.33. The molecule has 1 aromatic carbocycles. The first-order valence-electron chi connectivity index (χ1n) is 11.6. The van der Waals surface area contributed by atoms with Crippen molar-refractivity contribution in [3.63, 3.8) is 0 Å². The van der Waals surface area contributed by atoms with Crippen molar-refractivity contribution in [2.75, 3.05) is 39.1 Å². The molecular weight excluding hydrogens is 465 g/mol. The van der Waals surface area contributed by atoms with Crippen LogP contribution in [0.25, 0.3) is 10.9 Å². The number of nitrogens with zero attached hydrogens (tertiary/aromatic N) is 4. The van der Waals surface area contributed by atoms with Gasteiger partial charge in [-0.15, -0.1) is 0 Å². The van der Waals surface area contributed by atoms with Gasteiger partial charge < -0.3 is 10.6 Å². The van der Waals surface area contributed by atoms with E-state index >= 15 is 0 Å². The zero-order valence-corrected chi connectivity index (χ0v) is 19.6. The van der Waals surface area contributed by atoms with E-state index in [9.17, 15) is 22.8 Å². The molecule has 0 spiro atoms. The third-order valence-electron chi connectivity index (χ3n) is 6.80. The summed E-state index contributed by atoms with van der Waals surface area (Å²) in [7, 11) is 3.10. The van der Waals surface area contributed by atoms with Gasteiger partial charge in [-0.2, -0.15) is 13.2 Å². The van der Waals surface area contributed by atoms with Gasteiger partial charge in [0.25, 0.3) is 0 Å². The molecule has 0 unspecified atom stereocenters. The molecule has 2 amide bonds. The van der Waals surface area contributed by atoms with Gasteiger partial charge in [-0.3, -0.25) is 19.3 Å². The Morgan fingerprint density at radius 2 is 1.89 bits per heavy atom. The Kier molecular flexibility index (Phi) is 7.41. The van der Waals surface area contributed by atoms with Crippen LogP contribution in [0.15, 0.2) is 24.5 Å². The van der Waals surface area contributed by atoms with E-state index < -0.39 is 11.7 Å². The smallest absolute Gasteiger partial charge is 0.360 e. The van der Waals surface area contributed by atoms with Gasteiger partial charge in [-0.05, 0) is 43.9 Å². The molecule has 35 heavy (non-hydrogen) atoms. The number of carbonyl (C=O) groups is 2. The zero-order chi connectivity index (χ0) is 25.2. The molecule has 2 heterocycles. The van der Waals surface area contributed by atoms with Crippen molar-refractivity contribution in [1.29, 1.82) is 0 Å². The van der Waals surface area contributed by atoms with Crippen molar-refractivity contribution in [3.05, 3.63) is 30.1 Å². The Morgan fingerprint density at radius 1 is 1.17 bits per heavy atom. The van der Waals surface area contributed by atoms with Crippen molar-refractivity contribution < 1.29 is 27.6 Å². The summed E-state index contributed by atoms with van der Waals surface area (Å²) in [6, 6.07) is 3.65. The first-order chi connectivity index (χ1) is 16.7. The molecule has 2 aliphatic rings. The van der Waals surface area contributed by atoms with E-state index in [1.807, 2.05) is 0 Å². The molecule has 2 N–H and O–H groups in total. The number of fused-ring (bicyclic) bond motifs is 1. The number of nitrogens with one attached hydrogen (secondary N) is 2. The molecule has 0 bridgehead atoms. The van der Waals surface area contributed by atoms with Gasteiger partial charge in [0, 0.05) is 37.5 Å². The highest BCUT2D eigenvalue weighted by molar-refractivity contribution is 5.91. The third-order valence-corrected chi connectivity index (χ3v) is 6.80. The normalized spacial score (nSPS) is 21.4. The van der Waals surface area contributed by atoms with E-state index in [0.29, 0.717) is 11.6 Å². The molecule has 0 radical (unpaired) electrons. The minimum atomic E-state index is -4.48. The molecule has 2 aromatic rings. The lowest BCUT2D eigenvalue weighted by Gasteiger charge is -2.46. The zero-order valence-electron chi connectivity index (χ0n) is 19.6. The average Bonchev–Trinajstić information content (AvgIpc) is 2.83. The van der Waals surface area contributed by atoms with Crippen LogP contribution in [0.2, 0.25) is 0 Å². The van der Waals surface area contributed by atoms with Gasteiger partial charge in [-0.1, -0.05) is 0 Å². The summed E-state index contributed by atoms with van der Waals surface area (Å²) in [4.78, 5) is 39.9. The van der Waals surface area contributed by atoms with Gasteiger partial charge in [0.05, 0.1) is 30.8 Å². The van der Waals surface area contributed by atoms with Crippen molar-refractivity contribution in [1.82, 2.24) is 25.2 Å². The molecule has 1 aromatic heterocycles. The van der Waals surface area contributed by atoms with Crippen molar-refractivity contribution in [2.24, 2.45) is 5.92 Å². The largest absolute Gasteiger partial charge is 0.416 e. The molecule has 12 heteroatoms. The Hall–Kier alpha value is -2.99. The molecular formula is C23H29F3N6O3. The summed E-state index contributed by atoms with van der Waals surface area (Å²) in [5.41, 5.74) is -0.443.